The van der Waals surface area contributed by atoms with Gasteiger partial charge in [-0.15, -0.1) is 0 Å². The van der Waals surface area contributed by atoms with Crippen LogP contribution in [-0.2, 0) is 9.59 Å². The fourth-order valence-corrected chi connectivity index (χ4v) is 3.13. The van der Waals surface area contributed by atoms with E-state index in [9.17, 15) is 9.59 Å². The Morgan fingerprint density at radius 3 is 2.69 bits per heavy atom. The van der Waals surface area contributed by atoms with Crippen LogP contribution < -0.4 is 20.7 Å². The highest BCUT2D eigenvalue weighted by Gasteiger charge is 2.33. The van der Waals surface area contributed by atoms with E-state index in [1.165, 1.54) is 0 Å². The molecule has 1 heterocycles. The summed E-state index contributed by atoms with van der Waals surface area (Å²) in [6.45, 7) is 4.39. The predicted molar refractivity (Wildman–Crippen MR) is 99.2 cm³/mol. The van der Waals surface area contributed by atoms with E-state index in [1.807, 2.05) is 56.3 Å². The number of anilines is 1. The normalized spacial score (nSPS) is 16.1. The summed E-state index contributed by atoms with van der Waals surface area (Å²) in [6.07, 6.45) is 0.801. The molecule has 0 saturated carbocycles. The summed E-state index contributed by atoms with van der Waals surface area (Å²) in [5.74, 6) is 0.131. The third-order valence-electron chi connectivity index (χ3n) is 4.41. The van der Waals surface area contributed by atoms with Gasteiger partial charge >= 0.3 is 0 Å². The lowest BCUT2D eigenvalue weighted by Gasteiger charge is -2.27. The lowest BCUT2D eigenvalue weighted by Crippen LogP contribution is -2.43. The zero-order valence-electron chi connectivity index (χ0n) is 15.1. The molecular weight excluding hydrogens is 330 g/mol. The maximum absolute atomic E-state index is 13.4. The lowest BCUT2D eigenvalue weighted by atomic mass is 10.0. The van der Waals surface area contributed by atoms with Crippen molar-refractivity contribution in [1.29, 1.82) is 0 Å². The van der Waals surface area contributed by atoms with Gasteiger partial charge in [-0.3, -0.25) is 9.59 Å². The van der Waals surface area contributed by atoms with E-state index < -0.39 is 6.04 Å². The number of ether oxygens (including phenoxy) is 1. The summed E-state index contributed by atoms with van der Waals surface area (Å²) in [5.41, 5.74) is 7.15. The molecule has 0 fully saturated rings. The van der Waals surface area contributed by atoms with Crippen molar-refractivity contribution in [2.45, 2.75) is 26.3 Å². The van der Waals surface area contributed by atoms with Crippen molar-refractivity contribution >= 4 is 23.2 Å². The Hall–Kier alpha value is -2.86. The van der Waals surface area contributed by atoms with E-state index in [0.717, 1.165) is 23.4 Å². The summed E-state index contributed by atoms with van der Waals surface area (Å²) in [4.78, 5) is 27.2. The summed E-state index contributed by atoms with van der Waals surface area (Å²) in [6, 6.07) is 12.3. The number of hydrogen-bond acceptors (Lipinski definition) is 3. The van der Waals surface area contributed by atoms with Gasteiger partial charge < -0.3 is 20.7 Å². The van der Waals surface area contributed by atoms with E-state index in [4.69, 9.17) is 4.74 Å². The number of quaternary nitrogens is 1. The summed E-state index contributed by atoms with van der Waals surface area (Å²) < 4.78 is 5.64. The second kappa shape index (κ2) is 7.58. The van der Waals surface area contributed by atoms with Gasteiger partial charge in [-0.1, -0.05) is 25.1 Å². The van der Waals surface area contributed by atoms with E-state index >= 15 is 0 Å². The molecule has 2 aromatic rings. The van der Waals surface area contributed by atoms with Crippen molar-refractivity contribution in [2.24, 2.45) is 0 Å². The van der Waals surface area contributed by atoms with Crippen LogP contribution in [0.25, 0.3) is 0 Å². The Bertz CT molecular complexity index is 818. The molecule has 0 spiro atoms. The first-order valence-electron chi connectivity index (χ1n) is 8.76. The summed E-state index contributed by atoms with van der Waals surface area (Å²) >= 11 is 0. The maximum atomic E-state index is 13.4. The van der Waals surface area contributed by atoms with Crippen molar-refractivity contribution in [3.63, 3.8) is 0 Å². The van der Waals surface area contributed by atoms with E-state index in [-0.39, 0.29) is 18.4 Å². The highest BCUT2D eigenvalue weighted by molar-refractivity contribution is 6.00. The van der Waals surface area contributed by atoms with Crippen LogP contribution in [0, 0.1) is 6.92 Å². The first-order valence-corrected chi connectivity index (χ1v) is 8.76. The van der Waals surface area contributed by atoms with Crippen LogP contribution in [0.1, 0.15) is 30.5 Å². The zero-order chi connectivity index (χ0) is 18.7. The molecule has 0 aromatic heterocycles. The molecular formula is C20H24N3O3+. The molecule has 1 atom stereocenters. The molecule has 2 amide bonds. The van der Waals surface area contributed by atoms with Crippen molar-refractivity contribution in [2.75, 3.05) is 18.1 Å². The molecule has 1 unspecified atom stereocenters. The molecule has 6 heteroatoms. The number of fused-ring (bicyclic) bond motifs is 1. The summed E-state index contributed by atoms with van der Waals surface area (Å²) in [7, 11) is 0. The van der Waals surface area contributed by atoms with Crippen LogP contribution in [0.5, 0.6) is 5.75 Å². The van der Waals surface area contributed by atoms with Gasteiger partial charge in [0.1, 0.15) is 17.5 Å². The Labute approximate surface area is 152 Å². The minimum atomic E-state index is -0.772. The molecule has 6 nitrogen and oxygen atoms in total. The molecule has 0 bridgehead atoms. The van der Waals surface area contributed by atoms with Crippen LogP contribution in [0.15, 0.2) is 42.5 Å². The Morgan fingerprint density at radius 2 is 2.00 bits per heavy atom. The molecule has 2 aromatic carbocycles. The Balaban J connectivity index is 2.01. The zero-order valence-corrected chi connectivity index (χ0v) is 15.1. The molecule has 3 rings (SSSR count). The van der Waals surface area contributed by atoms with Crippen LogP contribution >= 0.6 is 0 Å². The monoisotopic (exact) mass is 354 g/mol. The van der Waals surface area contributed by atoms with Gasteiger partial charge in [-0.05, 0) is 31.0 Å². The van der Waals surface area contributed by atoms with E-state index in [1.54, 1.807) is 4.90 Å². The SMILES string of the molecule is CCCN(C(=O)C1NC(=O)COc2c(C)cccc21)c1ccc([NH3+])cc1. The number of carbonyl (C=O) groups is 2. The molecule has 136 valence electrons. The van der Waals surface area contributed by atoms with Crippen molar-refractivity contribution < 1.29 is 20.1 Å². The first-order chi connectivity index (χ1) is 12.5. The van der Waals surface area contributed by atoms with E-state index in [0.29, 0.717) is 17.9 Å². The molecule has 26 heavy (non-hydrogen) atoms. The number of hydrogen-bond donors (Lipinski definition) is 2. The predicted octanol–water partition coefficient (Wildman–Crippen LogP) is 1.86. The van der Waals surface area contributed by atoms with Gasteiger partial charge in [0.15, 0.2) is 6.61 Å². The molecule has 1 aliphatic heterocycles. The maximum Gasteiger partial charge on any atom is 0.258 e. The quantitative estimate of drug-likeness (QED) is 0.879. The number of carbonyl (C=O) groups excluding carboxylic acids is 2. The van der Waals surface area contributed by atoms with Gasteiger partial charge in [-0.2, -0.15) is 0 Å². The highest BCUT2D eigenvalue weighted by atomic mass is 16.5. The smallest absolute Gasteiger partial charge is 0.258 e. The number of amides is 2. The second-order valence-electron chi connectivity index (χ2n) is 6.44. The van der Waals surface area contributed by atoms with Gasteiger partial charge in [-0.25, -0.2) is 0 Å². The van der Waals surface area contributed by atoms with Crippen molar-refractivity contribution in [1.82, 2.24) is 5.32 Å². The molecule has 4 N–H and O–H groups in total. The largest absolute Gasteiger partial charge is 0.483 e. The molecule has 0 saturated heterocycles. The number of aryl methyl sites for hydroxylation is 1. The van der Waals surface area contributed by atoms with E-state index in [2.05, 4.69) is 11.1 Å². The van der Waals surface area contributed by atoms with Crippen LogP contribution in [0.4, 0.5) is 11.4 Å². The van der Waals surface area contributed by atoms with Gasteiger partial charge in [0.05, 0.1) is 0 Å². The average molecular weight is 354 g/mol. The van der Waals surface area contributed by atoms with Crippen molar-refractivity contribution in [3.8, 4) is 5.75 Å². The number of rotatable bonds is 4. The summed E-state index contributed by atoms with van der Waals surface area (Å²) in [5, 5.41) is 2.81. The van der Waals surface area contributed by atoms with Gasteiger partial charge in [0.2, 0.25) is 0 Å². The Morgan fingerprint density at radius 1 is 1.27 bits per heavy atom. The minimum Gasteiger partial charge on any atom is -0.483 e. The fraction of sp³-hybridized carbons (Fsp3) is 0.300. The number of para-hydroxylation sites is 1. The van der Waals surface area contributed by atoms with Crippen LogP contribution in [0.2, 0.25) is 0 Å². The first kappa shape index (κ1) is 17.9. The van der Waals surface area contributed by atoms with Crippen LogP contribution in [0.3, 0.4) is 0 Å². The lowest BCUT2D eigenvalue weighted by molar-refractivity contribution is -0.254. The third-order valence-corrected chi connectivity index (χ3v) is 4.41. The number of benzene rings is 2. The average Bonchev–Trinajstić information content (AvgIpc) is 2.80. The Kier molecular flexibility index (Phi) is 5.23. The highest BCUT2D eigenvalue weighted by Crippen LogP contribution is 2.33. The minimum absolute atomic E-state index is 0.0917. The molecule has 0 radical (unpaired) electrons. The third kappa shape index (κ3) is 3.55. The van der Waals surface area contributed by atoms with Crippen molar-refractivity contribution in [3.05, 3.63) is 53.6 Å². The molecule has 1 aliphatic rings. The number of nitrogens with one attached hydrogen (secondary N) is 1. The number of nitrogens with zero attached hydrogens (tertiary/aromatic N) is 1. The standard InChI is InChI=1S/C20H23N3O3/c1-3-11-23(15-9-7-14(21)8-10-15)20(25)18-16-6-4-5-13(2)19(16)26-12-17(24)22-18/h4-10,18H,3,11-12,21H2,1-2H3,(H,22,24)/p+1. The molecule has 0 aliphatic carbocycles. The fourth-order valence-electron chi connectivity index (χ4n) is 3.13. The topological polar surface area (TPSA) is 86.3 Å². The van der Waals surface area contributed by atoms with Crippen LogP contribution in [-0.4, -0.2) is 25.0 Å². The van der Waals surface area contributed by atoms with Gasteiger partial charge in [0, 0.05) is 29.9 Å². The second-order valence-corrected chi connectivity index (χ2v) is 6.44. The van der Waals surface area contributed by atoms with Gasteiger partial charge in [0.25, 0.3) is 11.8 Å².